The zero-order valence-corrected chi connectivity index (χ0v) is 12.0. The van der Waals surface area contributed by atoms with Gasteiger partial charge in [0.25, 0.3) is 0 Å². The van der Waals surface area contributed by atoms with Crippen molar-refractivity contribution in [3.8, 4) is 11.4 Å². The Morgan fingerprint density at radius 2 is 2.05 bits per heavy atom. The number of hydrogen-bond acceptors (Lipinski definition) is 5. The van der Waals surface area contributed by atoms with Gasteiger partial charge in [-0.2, -0.15) is 4.80 Å². The molecule has 0 spiro atoms. The maximum absolute atomic E-state index is 12.0. The minimum Gasteiger partial charge on any atom is -0.324 e. The quantitative estimate of drug-likeness (QED) is 0.791. The van der Waals surface area contributed by atoms with E-state index in [4.69, 9.17) is 0 Å². The predicted octanol–water partition coefficient (Wildman–Crippen LogP) is 1.68. The molecule has 3 aromatic rings. The van der Waals surface area contributed by atoms with Gasteiger partial charge in [0.1, 0.15) is 6.54 Å². The van der Waals surface area contributed by atoms with Gasteiger partial charge in [-0.05, 0) is 36.4 Å². The third kappa shape index (κ3) is 3.32. The van der Waals surface area contributed by atoms with E-state index in [9.17, 15) is 4.79 Å². The SMILES string of the molecule is Cc1ccc(NC(=O)Cn2nnc(-c3cccnc3)n2)cc1. The highest BCUT2D eigenvalue weighted by Gasteiger charge is 2.09. The first-order valence-corrected chi connectivity index (χ1v) is 6.75. The van der Waals surface area contributed by atoms with Gasteiger partial charge in [-0.15, -0.1) is 10.2 Å². The van der Waals surface area contributed by atoms with E-state index in [-0.39, 0.29) is 12.5 Å². The van der Waals surface area contributed by atoms with Crippen molar-refractivity contribution >= 4 is 11.6 Å². The molecule has 7 nitrogen and oxygen atoms in total. The van der Waals surface area contributed by atoms with Crippen LogP contribution in [0.4, 0.5) is 5.69 Å². The highest BCUT2D eigenvalue weighted by Crippen LogP contribution is 2.11. The first-order valence-electron chi connectivity index (χ1n) is 6.75. The number of nitrogens with zero attached hydrogens (tertiary/aromatic N) is 5. The molecule has 1 amide bonds. The molecule has 0 unspecified atom stereocenters. The molecule has 1 N–H and O–H groups in total. The van der Waals surface area contributed by atoms with Crippen LogP contribution in [-0.4, -0.2) is 31.1 Å². The van der Waals surface area contributed by atoms with Crippen LogP contribution < -0.4 is 5.32 Å². The molecule has 0 fully saturated rings. The first-order chi connectivity index (χ1) is 10.7. The number of tetrazole rings is 1. The van der Waals surface area contributed by atoms with Gasteiger partial charge >= 0.3 is 0 Å². The predicted molar refractivity (Wildman–Crippen MR) is 80.9 cm³/mol. The van der Waals surface area contributed by atoms with E-state index in [1.165, 1.54) is 4.80 Å². The second-order valence-corrected chi connectivity index (χ2v) is 4.80. The summed E-state index contributed by atoms with van der Waals surface area (Å²) in [6.07, 6.45) is 3.32. The second-order valence-electron chi connectivity index (χ2n) is 4.80. The lowest BCUT2D eigenvalue weighted by molar-refractivity contribution is -0.117. The Labute approximate surface area is 127 Å². The summed E-state index contributed by atoms with van der Waals surface area (Å²) in [5.41, 5.74) is 2.63. The third-order valence-corrected chi connectivity index (χ3v) is 2.99. The molecule has 7 heteroatoms. The van der Waals surface area contributed by atoms with E-state index >= 15 is 0 Å². The fourth-order valence-corrected chi connectivity index (χ4v) is 1.89. The van der Waals surface area contributed by atoms with Crippen LogP contribution in [0.5, 0.6) is 0 Å². The van der Waals surface area contributed by atoms with Gasteiger partial charge < -0.3 is 5.32 Å². The molecule has 0 saturated heterocycles. The number of aromatic nitrogens is 5. The van der Waals surface area contributed by atoms with Crippen molar-refractivity contribution in [2.24, 2.45) is 0 Å². The zero-order valence-electron chi connectivity index (χ0n) is 12.0. The molecule has 0 saturated carbocycles. The number of carbonyl (C=O) groups excluding carboxylic acids is 1. The van der Waals surface area contributed by atoms with Gasteiger partial charge in [-0.1, -0.05) is 17.7 Å². The average molecular weight is 294 g/mol. The van der Waals surface area contributed by atoms with Crippen molar-refractivity contribution in [1.82, 2.24) is 25.2 Å². The number of nitrogens with one attached hydrogen (secondary N) is 1. The molecule has 0 atom stereocenters. The first kappa shape index (κ1) is 13.9. The molecule has 0 radical (unpaired) electrons. The monoisotopic (exact) mass is 294 g/mol. The van der Waals surface area contributed by atoms with Crippen LogP contribution in [0.3, 0.4) is 0 Å². The van der Waals surface area contributed by atoms with Crippen LogP contribution in [0.15, 0.2) is 48.8 Å². The summed E-state index contributed by atoms with van der Waals surface area (Å²) in [6, 6.07) is 11.2. The van der Waals surface area contributed by atoms with Crippen molar-refractivity contribution in [3.63, 3.8) is 0 Å². The number of benzene rings is 1. The summed E-state index contributed by atoms with van der Waals surface area (Å²) in [7, 11) is 0. The summed E-state index contributed by atoms with van der Waals surface area (Å²) in [5.74, 6) is 0.232. The largest absolute Gasteiger partial charge is 0.324 e. The molecule has 0 aliphatic carbocycles. The fourth-order valence-electron chi connectivity index (χ4n) is 1.89. The molecule has 0 aliphatic rings. The number of pyridine rings is 1. The van der Waals surface area contributed by atoms with Crippen LogP contribution in [-0.2, 0) is 11.3 Å². The minimum absolute atomic E-state index is 0.00113. The van der Waals surface area contributed by atoms with E-state index in [0.717, 1.165) is 16.8 Å². The van der Waals surface area contributed by atoms with Crippen molar-refractivity contribution in [1.29, 1.82) is 0 Å². The summed E-state index contributed by atoms with van der Waals surface area (Å²) in [4.78, 5) is 17.2. The lowest BCUT2D eigenvalue weighted by Crippen LogP contribution is -2.20. The highest BCUT2D eigenvalue weighted by atomic mass is 16.2. The van der Waals surface area contributed by atoms with Crippen molar-refractivity contribution in [2.45, 2.75) is 13.5 Å². The molecule has 2 heterocycles. The minimum atomic E-state index is -0.209. The second kappa shape index (κ2) is 6.13. The van der Waals surface area contributed by atoms with E-state index in [2.05, 4.69) is 25.7 Å². The standard InChI is InChI=1S/C15H14N6O/c1-11-4-6-13(7-5-11)17-14(22)10-21-19-15(18-20-21)12-3-2-8-16-9-12/h2-9H,10H2,1H3,(H,17,22). The summed E-state index contributed by atoms with van der Waals surface area (Å²) < 4.78 is 0. The molecule has 0 aliphatic heterocycles. The third-order valence-electron chi connectivity index (χ3n) is 2.99. The Morgan fingerprint density at radius 1 is 1.23 bits per heavy atom. The number of hydrogen-bond donors (Lipinski definition) is 1. The highest BCUT2D eigenvalue weighted by molar-refractivity contribution is 5.90. The topological polar surface area (TPSA) is 85.6 Å². The van der Waals surface area contributed by atoms with E-state index in [1.807, 2.05) is 37.3 Å². The zero-order chi connectivity index (χ0) is 15.4. The lowest BCUT2D eigenvalue weighted by Gasteiger charge is -2.04. The number of aryl methyl sites for hydroxylation is 1. The Hall–Kier alpha value is -3.09. The smallest absolute Gasteiger partial charge is 0.248 e. The number of rotatable bonds is 4. The number of anilines is 1. The fraction of sp³-hybridized carbons (Fsp3) is 0.133. The maximum atomic E-state index is 12.0. The Balaban J connectivity index is 1.65. The maximum Gasteiger partial charge on any atom is 0.248 e. The van der Waals surface area contributed by atoms with E-state index < -0.39 is 0 Å². The molecule has 3 rings (SSSR count). The van der Waals surface area contributed by atoms with Gasteiger partial charge in [0.2, 0.25) is 11.7 Å². The van der Waals surface area contributed by atoms with Crippen LogP contribution in [0.25, 0.3) is 11.4 Å². The van der Waals surface area contributed by atoms with Crippen LogP contribution >= 0.6 is 0 Å². The van der Waals surface area contributed by atoms with Gasteiger partial charge in [0, 0.05) is 23.6 Å². The number of amides is 1. The average Bonchev–Trinajstić information content (AvgIpc) is 2.99. The van der Waals surface area contributed by atoms with E-state index in [1.54, 1.807) is 18.5 Å². The van der Waals surface area contributed by atoms with Gasteiger partial charge in [0.05, 0.1) is 0 Å². The van der Waals surface area contributed by atoms with Crippen LogP contribution in [0, 0.1) is 6.92 Å². The van der Waals surface area contributed by atoms with Crippen molar-refractivity contribution in [3.05, 3.63) is 54.4 Å². The number of carbonyl (C=O) groups is 1. The van der Waals surface area contributed by atoms with Gasteiger partial charge in [-0.25, -0.2) is 0 Å². The lowest BCUT2D eigenvalue weighted by atomic mass is 10.2. The van der Waals surface area contributed by atoms with Crippen molar-refractivity contribution in [2.75, 3.05) is 5.32 Å². The molecule has 22 heavy (non-hydrogen) atoms. The van der Waals surface area contributed by atoms with E-state index in [0.29, 0.717) is 5.82 Å². The molecule has 0 bridgehead atoms. The molecule has 110 valence electrons. The summed E-state index contributed by atoms with van der Waals surface area (Å²) >= 11 is 0. The molecular formula is C15H14N6O. The molecule has 1 aromatic carbocycles. The Bertz CT molecular complexity index is 766. The van der Waals surface area contributed by atoms with Crippen LogP contribution in [0.1, 0.15) is 5.56 Å². The molecule has 2 aromatic heterocycles. The summed E-state index contributed by atoms with van der Waals surface area (Å²) in [5, 5.41) is 14.8. The van der Waals surface area contributed by atoms with Crippen LogP contribution in [0.2, 0.25) is 0 Å². The van der Waals surface area contributed by atoms with Gasteiger partial charge in [0.15, 0.2) is 0 Å². The Kier molecular flexibility index (Phi) is 3.86. The molecular weight excluding hydrogens is 280 g/mol. The normalized spacial score (nSPS) is 10.4. The van der Waals surface area contributed by atoms with Crippen molar-refractivity contribution < 1.29 is 4.79 Å². The summed E-state index contributed by atoms with van der Waals surface area (Å²) in [6.45, 7) is 1.99. The van der Waals surface area contributed by atoms with Gasteiger partial charge in [-0.3, -0.25) is 9.78 Å². The Morgan fingerprint density at radius 3 is 2.77 bits per heavy atom.